The van der Waals surface area contributed by atoms with Gasteiger partial charge in [-0.2, -0.15) is 0 Å². The molecule has 1 aromatic carbocycles. The van der Waals surface area contributed by atoms with Crippen LogP contribution in [0.2, 0.25) is 0 Å². The van der Waals surface area contributed by atoms with Gasteiger partial charge >= 0.3 is 0 Å². The van der Waals surface area contributed by atoms with Crippen molar-refractivity contribution in [2.24, 2.45) is 0 Å². The van der Waals surface area contributed by atoms with Crippen LogP contribution < -0.4 is 5.32 Å². The van der Waals surface area contributed by atoms with Gasteiger partial charge in [-0.1, -0.05) is 19.4 Å². The average Bonchev–Trinajstić information content (AvgIpc) is 2.17. The molecular formula is C11H16FNO. The third-order valence-corrected chi connectivity index (χ3v) is 2.05. The lowest BCUT2D eigenvalue weighted by Crippen LogP contribution is -2.23. The van der Waals surface area contributed by atoms with Crippen LogP contribution in [0.5, 0.6) is 0 Å². The summed E-state index contributed by atoms with van der Waals surface area (Å²) >= 11 is 0. The van der Waals surface area contributed by atoms with Crippen molar-refractivity contribution in [2.45, 2.75) is 25.8 Å². The number of hydrogen-bond acceptors (Lipinski definition) is 2. The van der Waals surface area contributed by atoms with Crippen molar-refractivity contribution in [3.8, 4) is 0 Å². The molecule has 1 atom stereocenters. The molecule has 0 radical (unpaired) electrons. The Bertz CT molecular complexity index is 278. The van der Waals surface area contributed by atoms with E-state index in [1.807, 2.05) is 0 Å². The van der Waals surface area contributed by atoms with Crippen LogP contribution in [0.25, 0.3) is 0 Å². The smallest absolute Gasteiger partial charge is 0.125 e. The molecule has 0 fully saturated rings. The minimum atomic E-state index is -0.261. The van der Waals surface area contributed by atoms with Crippen LogP contribution in [0.3, 0.4) is 0 Å². The lowest BCUT2D eigenvalue weighted by atomic mass is 10.1. The first-order valence-electron chi connectivity index (χ1n) is 4.89. The summed E-state index contributed by atoms with van der Waals surface area (Å²) in [5, 5.41) is 12.1. The molecule has 2 N–H and O–H groups in total. The number of rotatable bonds is 5. The number of aliphatic hydroxyl groups is 1. The van der Waals surface area contributed by atoms with E-state index in [9.17, 15) is 4.39 Å². The van der Waals surface area contributed by atoms with E-state index in [1.165, 1.54) is 12.1 Å². The Balaban J connectivity index is 2.57. The molecule has 1 aromatic rings. The van der Waals surface area contributed by atoms with E-state index in [1.54, 1.807) is 12.1 Å². The summed E-state index contributed by atoms with van der Waals surface area (Å²) in [6.07, 6.45) is 1.88. The first-order chi connectivity index (χ1) is 6.76. The van der Waals surface area contributed by atoms with Crippen LogP contribution in [-0.2, 0) is 0 Å². The minimum absolute atomic E-state index is 0.0156. The Morgan fingerprint density at radius 2 is 2.29 bits per heavy atom. The van der Waals surface area contributed by atoms with E-state index in [2.05, 4.69) is 12.2 Å². The Morgan fingerprint density at radius 3 is 2.86 bits per heavy atom. The van der Waals surface area contributed by atoms with Gasteiger partial charge in [0.1, 0.15) is 5.82 Å². The molecule has 0 aliphatic carbocycles. The van der Waals surface area contributed by atoms with Crippen molar-refractivity contribution in [2.75, 3.05) is 11.9 Å². The van der Waals surface area contributed by atoms with Crippen molar-refractivity contribution in [1.29, 1.82) is 0 Å². The van der Waals surface area contributed by atoms with Crippen LogP contribution in [0.4, 0.5) is 10.1 Å². The molecule has 0 aliphatic rings. The maximum absolute atomic E-state index is 12.8. The van der Waals surface area contributed by atoms with E-state index in [4.69, 9.17) is 5.11 Å². The molecule has 78 valence electrons. The highest BCUT2D eigenvalue weighted by molar-refractivity contribution is 5.43. The monoisotopic (exact) mass is 197 g/mol. The number of nitrogens with one attached hydrogen (secondary N) is 1. The third-order valence-electron chi connectivity index (χ3n) is 2.05. The zero-order chi connectivity index (χ0) is 10.4. The normalized spacial score (nSPS) is 12.5. The molecule has 0 heterocycles. The van der Waals surface area contributed by atoms with Gasteiger partial charge in [0.25, 0.3) is 0 Å². The summed E-state index contributed by atoms with van der Waals surface area (Å²) in [6, 6.07) is 6.29. The van der Waals surface area contributed by atoms with Gasteiger partial charge in [-0.05, 0) is 24.6 Å². The molecule has 0 amide bonds. The number of anilines is 1. The van der Waals surface area contributed by atoms with E-state index in [0.29, 0.717) is 0 Å². The van der Waals surface area contributed by atoms with E-state index < -0.39 is 0 Å². The number of hydrogen-bond donors (Lipinski definition) is 2. The molecule has 2 nitrogen and oxygen atoms in total. The van der Waals surface area contributed by atoms with Crippen molar-refractivity contribution in [1.82, 2.24) is 0 Å². The Hall–Kier alpha value is -1.09. The first kappa shape index (κ1) is 11.0. The van der Waals surface area contributed by atoms with Crippen LogP contribution in [0, 0.1) is 5.82 Å². The molecule has 0 saturated heterocycles. The molecule has 0 aliphatic heterocycles. The van der Waals surface area contributed by atoms with Gasteiger partial charge in [0.15, 0.2) is 0 Å². The largest absolute Gasteiger partial charge is 0.394 e. The van der Waals surface area contributed by atoms with Crippen molar-refractivity contribution in [3.63, 3.8) is 0 Å². The Labute approximate surface area is 83.8 Å². The van der Waals surface area contributed by atoms with E-state index in [-0.39, 0.29) is 18.5 Å². The fourth-order valence-electron chi connectivity index (χ4n) is 1.37. The summed E-state index contributed by atoms with van der Waals surface area (Å²) in [4.78, 5) is 0. The van der Waals surface area contributed by atoms with Gasteiger partial charge in [-0.3, -0.25) is 0 Å². The number of benzene rings is 1. The molecule has 1 rings (SSSR count). The molecule has 0 spiro atoms. The van der Waals surface area contributed by atoms with Crippen LogP contribution in [-0.4, -0.2) is 17.8 Å². The Morgan fingerprint density at radius 1 is 1.50 bits per heavy atom. The SMILES string of the molecule is CCCC(CO)Nc1cccc(F)c1. The van der Waals surface area contributed by atoms with Gasteiger partial charge in [-0.25, -0.2) is 4.39 Å². The molecule has 14 heavy (non-hydrogen) atoms. The topological polar surface area (TPSA) is 32.3 Å². The molecule has 3 heteroatoms. The van der Waals surface area contributed by atoms with Crippen LogP contribution >= 0.6 is 0 Å². The fourth-order valence-corrected chi connectivity index (χ4v) is 1.37. The molecule has 1 unspecified atom stereocenters. The maximum atomic E-state index is 12.8. The second kappa shape index (κ2) is 5.60. The quantitative estimate of drug-likeness (QED) is 0.759. The lowest BCUT2D eigenvalue weighted by Gasteiger charge is -2.16. The maximum Gasteiger partial charge on any atom is 0.125 e. The predicted octanol–water partition coefficient (Wildman–Crippen LogP) is 2.40. The van der Waals surface area contributed by atoms with Crippen LogP contribution in [0.15, 0.2) is 24.3 Å². The highest BCUT2D eigenvalue weighted by atomic mass is 19.1. The summed E-state index contributed by atoms with van der Waals surface area (Å²) < 4.78 is 12.8. The minimum Gasteiger partial charge on any atom is -0.394 e. The number of halogens is 1. The molecule has 0 bridgehead atoms. The zero-order valence-corrected chi connectivity index (χ0v) is 8.33. The predicted molar refractivity (Wildman–Crippen MR) is 55.8 cm³/mol. The van der Waals surface area contributed by atoms with Crippen molar-refractivity contribution in [3.05, 3.63) is 30.1 Å². The van der Waals surface area contributed by atoms with Crippen LogP contribution in [0.1, 0.15) is 19.8 Å². The summed E-state index contributed by atoms with van der Waals surface area (Å²) in [5.74, 6) is -0.261. The molecular weight excluding hydrogens is 181 g/mol. The highest BCUT2D eigenvalue weighted by Gasteiger charge is 2.05. The van der Waals surface area contributed by atoms with Crippen molar-refractivity contribution >= 4 is 5.69 Å². The summed E-state index contributed by atoms with van der Waals surface area (Å²) in [5.41, 5.74) is 0.720. The Kier molecular flexibility index (Phi) is 4.40. The average molecular weight is 197 g/mol. The second-order valence-electron chi connectivity index (χ2n) is 3.32. The zero-order valence-electron chi connectivity index (χ0n) is 8.33. The molecule has 0 saturated carbocycles. The van der Waals surface area contributed by atoms with E-state index >= 15 is 0 Å². The van der Waals surface area contributed by atoms with Gasteiger partial charge in [0, 0.05) is 11.7 Å². The molecule has 0 aromatic heterocycles. The standard InChI is InChI=1S/C11H16FNO/c1-2-4-11(8-14)13-10-6-3-5-9(12)7-10/h3,5-7,11,13-14H,2,4,8H2,1H3. The van der Waals surface area contributed by atoms with Gasteiger partial charge in [-0.15, -0.1) is 0 Å². The number of aliphatic hydroxyl groups excluding tert-OH is 1. The fraction of sp³-hybridized carbons (Fsp3) is 0.455. The van der Waals surface area contributed by atoms with Gasteiger partial charge in [0.2, 0.25) is 0 Å². The first-order valence-corrected chi connectivity index (χ1v) is 4.89. The van der Waals surface area contributed by atoms with Gasteiger partial charge < -0.3 is 10.4 Å². The third kappa shape index (κ3) is 3.34. The second-order valence-corrected chi connectivity index (χ2v) is 3.32. The highest BCUT2D eigenvalue weighted by Crippen LogP contribution is 2.12. The van der Waals surface area contributed by atoms with Gasteiger partial charge in [0.05, 0.1) is 6.61 Å². The summed E-state index contributed by atoms with van der Waals surface area (Å²) in [7, 11) is 0. The van der Waals surface area contributed by atoms with E-state index in [0.717, 1.165) is 18.5 Å². The lowest BCUT2D eigenvalue weighted by molar-refractivity contribution is 0.268. The van der Waals surface area contributed by atoms with Crippen molar-refractivity contribution < 1.29 is 9.50 Å². The summed E-state index contributed by atoms with van der Waals surface area (Å²) in [6.45, 7) is 2.13.